The van der Waals surface area contributed by atoms with Crippen LogP contribution in [0.25, 0.3) is 0 Å². The van der Waals surface area contributed by atoms with Gasteiger partial charge in [0.1, 0.15) is 0 Å². The van der Waals surface area contributed by atoms with Gasteiger partial charge < -0.3 is 10.4 Å². The van der Waals surface area contributed by atoms with Crippen LogP contribution in [0, 0.1) is 12.8 Å². The molecule has 3 rings (SSSR count). The van der Waals surface area contributed by atoms with E-state index < -0.39 is 0 Å². The van der Waals surface area contributed by atoms with Gasteiger partial charge in [-0.25, -0.2) is 0 Å². The van der Waals surface area contributed by atoms with Gasteiger partial charge in [-0.2, -0.15) is 10.2 Å². The van der Waals surface area contributed by atoms with Crippen LogP contribution in [0.15, 0.2) is 12.4 Å². The Balaban J connectivity index is 1.80. The van der Waals surface area contributed by atoms with E-state index in [1.54, 1.807) is 10.9 Å². The number of nitrogens with one attached hydrogen (secondary N) is 2. The topological polar surface area (TPSA) is 95.8 Å². The van der Waals surface area contributed by atoms with Crippen molar-refractivity contribution in [1.82, 2.24) is 25.3 Å². The number of aliphatic hydroxyl groups is 1. The van der Waals surface area contributed by atoms with Crippen LogP contribution in [0.1, 0.15) is 53.1 Å². The molecule has 0 spiro atoms. The van der Waals surface area contributed by atoms with Gasteiger partial charge in [0.25, 0.3) is 5.91 Å². The van der Waals surface area contributed by atoms with Crippen molar-refractivity contribution in [1.29, 1.82) is 0 Å². The minimum atomic E-state index is -0.269. The lowest BCUT2D eigenvalue weighted by Gasteiger charge is -2.37. The van der Waals surface area contributed by atoms with Crippen LogP contribution in [0.4, 0.5) is 0 Å². The molecule has 1 atom stereocenters. The Morgan fingerprint density at radius 1 is 1.57 bits per heavy atom. The Kier molecular flexibility index (Phi) is 4.21. The summed E-state index contributed by atoms with van der Waals surface area (Å²) in [6.07, 6.45) is 5.61. The molecule has 2 aromatic heterocycles. The normalized spacial score (nSPS) is 21.7. The van der Waals surface area contributed by atoms with Gasteiger partial charge in [-0.1, -0.05) is 6.92 Å². The molecule has 0 radical (unpaired) electrons. The summed E-state index contributed by atoms with van der Waals surface area (Å²) in [5.41, 5.74) is 3.27. The van der Waals surface area contributed by atoms with E-state index in [9.17, 15) is 9.90 Å². The van der Waals surface area contributed by atoms with Crippen molar-refractivity contribution in [2.45, 2.75) is 45.3 Å². The SMILES string of the molecule is CCc1[nH]nc(C(=O)N[C@@H](c2cnn(C)c2)C2CC(O)C2)c1C. The lowest BCUT2D eigenvalue weighted by molar-refractivity contribution is 0.0234. The number of H-pyrrole nitrogens is 1. The lowest BCUT2D eigenvalue weighted by atomic mass is 9.75. The summed E-state index contributed by atoms with van der Waals surface area (Å²) in [5.74, 6) is 0.0386. The smallest absolute Gasteiger partial charge is 0.272 e. The Labute approximate surface area is 135 Å². The maximum absolute atomic E-state index is 12.6. The third-order valence-electron chi connectivity index (χ3n) is 4.67. The molecular formula is C16H23N5O2. The molecule has 7 nitrogen and oxygen atoms in total. The number of aliphatic hydroxyl groups excluding tert-OH is 1. The van der Waals surface area contributed by atoms with Gasteiger partial charge in [0.2, 0.25) is 0 Å². The first-order valence-electron chi connectivity index (χ1n) is 8.00. The van der Waals surface area contributed by atoms with E-state index in [1.165, 1.54) is 0 Å². The number of nitrogens with zero attached hydrogens (tertiary/aromatic N) is 3. The highest BCUT2D eigenvalue weighted by Crippen LogP contribution is 2.38. The average Bonchev–Trinajstić information content (AvgIpc) is 3.07. The van der Waals surface area contributed by atoms with Gasteiger partial charge in [-0.15, -0.1) is 0 Å². The van der Waals surface area contributed by atoms with Gasteiger partial charge >= 0.3 is 0 Å². The number of amides is 1. The number of rotatable bonds is 5. The quantitative estimate of drug-likeness (QED) is 0.773. The lowest BCUT2D eigenvalue weighted by Crippen LogP contribution is -2.41. The zero-order valence-electron chi connectivity index (χ0n) is 13.7. The molecule has 1 aliphatic rings. The zero-order chi connectivity index (χ0) is 16.6. The molecule has 1 saturated carbocycles. The largest absolute Gasteiger partial charge is 0.393 e. The van der Waals surface area contributed by atoms with Gasteiger partial charge in [-0.05, 0) is 32.1 Å². The minimum Gasteiger partial charge on any atom is -0.393 e. The molecule has 0 bridgehead atoms. The highest BCUT2D eigenvalue weighted by atomic mass is 16.3. The third-order valence-corrected chi connectivity index (χ3v) is 4.67. The number of carbonyl (C=O) groups is 1. The highest BCUT2D eigenvalue weighted by Gasteiger charge is 2.36. The van der Waals surface area contributed by atoms with Crippen molar-refractivity contribution in [2.24, 2.45) is 13.0 Å². The van der Waals surface area contributed by atoms with Crippen molar-refractivity contribution in [2.75, 3.05) is 0 Å². The number of aromatic nitrogens is 4. The predicted molar refractivity (Wildman–Crippen MR) is 84.8 cm³/mol. The Morgan fingerprint density at radius 3 is 2.83 bits per heavy atom. The van der Waals surface area contributed by atoms with E-state index in [2.05, 4.69) is 20.6 Å². The predicted octanol–water partition coefficient (Wildman–Crippen LogP) is 1.26. The van der Waals surface area contributed by atoms with E-state index >= 15 is 0 Å². The molecule has 1 amide bonds. The molecule has 0 aromatic carbocycles. The number of hydrogen-bond donors (Lipinski definition) is 3. The highest BCUT2D eigenvalue weighted by molar-refractivity contribution is 5.94. The minimum absolute atomic E-state index is 0.152. The molecule has 124 valence electrons. The van der Waals surface area contributed by atoms with Crippen molar-refractivity contribution in [3.63, 3.8) is 0 Å². The summed E-state index contributed by atoms with van der Waals surface area (Å²) in [6, 6.07) is -0.152. The van der Waals surface area contributed by atoms with Crippen LogP contribution in [0.2, 0.25) is 0 Å². The fourth-order valence-corrected chi connectivity index (χ4v) is 3.19. The number of aromatic amines is 1. The first-order chi connectivity index (χ1) is 11.0. The summed E-state index contributed by atoms with van der Waals surface area (Å²) in [4.78, 5) is 12.6. The van der Waals surface area contributed by atoms with Crippen LogP contribution in [0.5, 0.6) is 0 Å². The molecule has 3 N–H and O–H groups in total. The first-order valence-corrected chi connectivity index (χ1v) is 8.00. The molecule has 0 aliphatic heterocycles. The van der Waals surface area contributed by atoms with Crippen molar-refractivity contribution < 1.29 is 9.90 Å². The Bertz CT molecular complexity index is 699. The fraction of sp³-hybridized carbons (Fsp3) is 0.562. The summed E-state index contributed by atoms with van der Waals surface area (Å²) in [6.45, 7) is 3.93. The van der Waals surface area contributed by atoms with E-state index in [0.717, 1.165) is 23.2 Å². The maximum atomic E-state index is 12.6. The second-order valence-electron chi connectivity index (χ2n) is 6.31. The number of carbonyl (C=O) groups excluding carboxylic acids is 1. The van der Waals surface area contributed by atoms with Crippen LogP contribution in [0.3, 0.4) is 0 Å². The fourth-order valence-electron chi connectivity index (χ4n) is 3.19. The van der Waals surface area contributed by atoms with Gasteiger partial charge in [-0.3, -0.25) is 14.6 Å². The molecule has 2 aromatic rings. The van der Waals surface area contributed by atoms with Crippen molar-refractivity contribution in [3.8, 4) is 0 Å². The van der Waals surface area contributed by atoms with Crippen LogP contribution in [-0.4, -0.2) is 37.1 Å². The average molecular weight is 317 g/mol. The Hall–Kier alpha value is -2.15. The van der Waals surface area contributed by atoms with Gasteiger partial charge in [0, 0.05) is 30.1 Å². The molecule has 1 aliphatic carbocycles. The van der Waals surface area contributed by atoms with Crippen molar-refractivity contribution in [3.05, 3.63) is 34.9 Å². The molecular weight excluding hydrogens is 294 g/mol. The molecule has 7 heteroatoms. The van der Waals surface area contributed by atoms with E-state index in [0.29, 0.717) is 18.5 Å². The first kappa shape index (κ1) is 15.7. The van der Waals surface area contributed by atoms with E-state index in [4.69, 9.17) is 0 Å². The van der Waals surface area contributed by atoms with Crippen molar-refractivity contribution >= 4 is 5.91 Å². The summed E-state index contributed by atoms with van der Waals surface area (Å²) >= 11 is 0. The van der Waals surface area contributed by atoms with Crippen LogP contribution in [-0.2, 0) is 13.5 Å². The molecule has 1 fully saturated rings. The van der Waals surface area contributed by atoms with E-state index in [-0.39, 0.29) is 24.0 Å². The molecule has 0 saturated heterocycles. The molecule has 2 heterocycles. The second-order valence-corrected chi connectivity index (χ2v) is 6.31. The Morgan fingerprint density at radius 2 is 2.30 bits per heavy atom. The summed E-state index contributed by atoms with van der Waals surface area (Å²) < 4.78 is 1.72. The number of aryl methyl sites for hydroxylation is 2. The van der Waals surface area contributed by atoms with Crippen LogP contribution >= 0.6 is 0 Å². The van der Waals surface area contributed by atoms with Gasteiger partial charge in [0.05, 0.1) is 18.3 Å². The standard InChI is InChI=1S/C16H23N5O2/c1-4-13-9(2)14(20-19-13)16(23)18-15(10-5-12(22)6-10)11-7-17-21(3)8-11/h7-8,10,12,15,22H,4-6H2,1-3H3,(H,18,23)(H,19,20)/t10?,12?,15-/m1/s1. The number of hydrogen-bond acceptors (Lipinski definition) is 4. The summed E-state index contributed by atoms with van der Waals surface area (Å²) in [5, 5.41) is 23.9. The summed E-state index contributed by atoms with van der Waals surface area (Å²) in [7, 11) is 1.85. The van der Waals surface area contributed by atoms with E-state index in [1.807, 2.05) is 27.1 Å². The molecule has 0 unspecified atom stereocenters. The second kappa shape index (κ2) is 6.16. The van der Waals surface area contributed by atoms with Gasteiger partial charge in [0.15, 0.2) is 5.69 Å². The van der Waals surface area contributed by atoms with Crippen LogP contribution < -0.4 is 5.32 Å². The monoisotopic (exact) mass is 317 g/mol. The third kappa shape index (κ3) is 3.01. The maximum Gasteiger partial charge on any atom is 0.272 e. The zero-order valence-corrected chi connectivity index (χ0v) is 13.7. The molecule has 23 heavy (non-hydrogen) atoms.